The van der Waals surface area contributed by atoms with E-state index in [9.17, 15) is 5.11 Å². The van der Waals surface area contributed by atoms with Gasteiger partial charge in [-0.25, -0.2) is 4.68 Å². The summed E-state index contributed by atoms with van der Waals surface area (Å²) in [6.07, 6.45) is 5.76. The number of aromatic nitrogens is 4. The van der Waals surface area contributed by atoms with Gasteiger partial charge in [0.15, 0.2) is 0 Å². The summed E-state index contributed by atoms with van der Waals surface area (Å²) in [5, 5.41) is 22.3. The third kappa shape index (κ3) is 2.92. The summed E-state index contributed by atoms with van der Waals surface area (Å²) in [7, 11) is 1.66. The van der Waals surface area contributed by atoms with Gasteiger partial charge < -0.3 is 15.2 Å². The first-order valence-electron chi connectivity index (χ1n) is 8.35. The number of ether oxygens (including phenoxy) is 1. The van der Waals surface area contributed by atoms with Crippen LogP contribution in [0.1, 0.15) is 18.2 Å². The average molecular weight is 339 g/mol. The van der Waals surface area contributed by atoms with Crippen LogP contribution >= 0.6 is 0 Å². The number of aliphatic hydroxyl groups excluding tert-OH is 1. The van der Waals surface area contributed by atoms with Crippen LogP contribution in [0.25, 0.3) is 5.69 Å². The zero-order valence-electron chi connectivity index (χ0n) is 14.0. The Morgan fingerprint density at radius 1 is 1.20 bits per heavy atom. The maximum Gasteiger partial charge on any atom is 0.144 e. The van der Waals surface area contributed by atoms with E-state index in [2.05, 4.69) is 15.5 Å². The minimum absolute atomic E-state index is 0.0300. The van der Waals surface area contributed by atoms with Crippen LogP contribution in [0.3, 0.4) is 0 Å². The molecular weight excluding hydrogens is 318 g/mol. The smallest absolute Gasteiger partial charge is 0.144 e. The van der Waals surface area contributed by atoms with Crippen LogP contribution in [0, 0.1) is 0 Å². The van der Waals surface area contributed by atoms with Gasteiger partial charge in [0.05, 0.1) is 24.9 Å². The second kappa shape index (κ2) is 6.70. The lowest BCUT2D eigenvalue weighted by Crippen LogP contribution is -2.54. The topological polar surface area (TPSA) is 77.1 Å². The largest absolute Gasteiger partial charge is 0.494 e. The highest BCUT2D eigenvalue weighted by atomic mass is 16.5. The first kappa shape index (κ1) is 15.9. The molecular formula is C18H21N5O2. The number of hydrogen-bond acceptors (Lipinski definition) is 5. The van der Waals surface area contributed by atoms with Crippen LogP contribution in [0.15, 0.2) is 55.0 Å². The predicted molar refractivity (Wildman–Crippen MR) is 92.6 cm³/mol. The number of hydrogen-bond donors (Lipinski definition) is 2. The van der Waals surface area contributed by atoms with Crippen LogP contribution in [0.4, 0.5) is 0 Å². The van der Waals surface area contributed by atoms with Crippen molar-refractivity contribution >= 4 is 0 Å². The lowest BCUT2D eigenvalue weighted by molar-refractivity contribution is -0.00838. The summed E-state index contributed by atoms with van der Waals surface area (Å²) in [6.45, 7) is 0.646. The standard InChI is InChI=1S/C18H21N5O2/c1-25-17-6-3-2-5-15(17)23-13(7-9-21-23)12-19-14-11-16(24)18(14)22-10-4-8-20-22/h2-10,14,16,18-19,24H,11-12H2,1H3/t14-,16+,18+/m0/s1. The number of benzene rings is 1. The van der Waals surface area contributed by atoms with E-state index in [1.54, 1.807) is 19.5 Å². The molecule has 1 aromatic carbocycles. The van der Waals surface area contributed by atoms with Crippen molar-refractivity contribution < 1.29 is 9.84 Å². The molecule has 1 saturated carbocycles. The Kier molecular flexibility index (Phi) is 4.25. The number of para-hydroxylation sites is 2. The van der Waals surface area contributed by atoms with Gasteiger partial charge >= 0.3 is 0 Å². The molecule has 0 saturated heterocycles. The highest BCUT2D eigenvalue weighted by Gasteiger charge is 2.41. The summed E-state index contributed by atoms with van der Waals surface area (Å²) in [6, 6.07) is 11.8. The van der Waals surface area contributed by atoms with Crippen molar-refractivity contribution in [2.45, 2.75) is 31.2 Å². The Hall–Kier alpha value is -2.64. The zero-order valence-corrected chi connectivity index (χ0v) is 14.0. The molecule has 130 valence electrons. The average Bonchev–Trinajstić information content (AvgIpc) is 3.30. The van der Waals surface area contributed by atoms with Gasteiger partial charge in [-0.15, -0.1) is 0 Å². The summed E-state index contributed by atoms with van der Waals surface area (Å²) in [5.74, 6) is 0.779. The lowest BCUT2D eigenvalue weighted by atomic mass is 9.83. The van der Waals surface area contributed by atoms with E-state index in [1.165, 1.54) is 0 Å². The zero-order chi connectivity index (χ0) is 17.2. The second-order valence-corrected chi connectivity index (χ2v) is 6.17. The monoisotopic (exact) mass is 339 g/mol. The fraction of sp³-hybridized carbons (Fsp3) is 0.333. The molecule has 3 atom stereocenters. The molecule has 0 aliphatic heterocycles. The van der Waals surface area contributed by atoms with Gasteiger partial charge in [-0.05, 0) is 30.7 Å². The minimum atomic E-state index is -0.364. The predicted octanol–water partition coefficient (Wildman–Crippen LogP) is 1.54. The Balaban J connectivity index is 1.49. The highest BCUT2D eigenvalue weighted by molar-refractivity contribution is 5.46. The molecule has 1 aliphatic carbocycles. The molecule has 7 heteroatoms. The third-order valence-electron chi connectivity index (χ3n) is 4.71. The summed E-state index contributed by atoms with van der Waals surface area (Å²) >= 11 is 0. The van der Waals surface area contributed by atoms with Crippen molar-refractivity contribution in [1.82, 2.24) is 24.9 Å². The molecule has 25 heavy (non-hydrogen) atoms. The molecule has 3 aromatic rings. The molecule has 2 aromatic heterocycles. The van der Waals surface area contributed by atoms with E-state index in [0.717, 1.165) is 17.1 Å². The van der Waals surface area contributed by atoms with E-state index >= 15 is 0 Å². The Morgan fingerprint density at radius 3 is 2.84 bits per heavy atom. The van der Waals surface area contributed by atoms with E-state index in [4.69, 9.17) is 4.74 Å². The van der Waals surface area contributed by atoms with Crippen molar-refractivity contribution in [1.29, 1.82) is 0 Å². The van der Waals surface area contributed by atoms with Gasteiger partial charge in [-0.3, -0.25) is 4.68 Å². The fourth-order valence-corrected chi connectivity index (χ4v) is 3.36. The third-order valence-corrected chi connectivity index (χ3v) is 4.71. The van der Waals surface area contributed by atoms with Gasteiger partial charge in [0.2, 0.25) is 0 Å². The van der Waals surface area contributed by atoms with Crippen molar-refractivity contribution in [3.8, 4) is 11.4 Å². The lowest BCUT2D eigenvalue weighted by Gasteiger charge is -2.42. The summed E-state index contributed by atoms with van der Waals surface area (Å²) < 4.78 is 9.14. The highest BCUT2D eigenvalue weighted by Crippen LogP contribution is 2.32. The van der Waals surface area contributed by atoms with Gasteiger partial charge in [0, 0.05) is 31.2 Å². The maximum atomic E-state index is 10.1. The van der Waals surface area contributed by atoms with E-state index in [-0.39, 0.29) is 18.2 Å². The molecule has 0 radical (unpaired) electrons. The molecule has 1 fully saturated rings. The van der Waals surface area contributed by atoms with E-state index < -0.39 is 0 Å². The maximum absolute atomic E-state index is 10.1. The molecule has 0 bridgehead atoms. The van der Waals surface area contributed by atoms with Crippen LogP contribution in [0.5, 0.6) is 5.75 Å². The van der Waals surface area contributed by atoms with Crippen LogP contribution in [-0.4, -0.2) is 43.9 Å². The Morgan fingerprint density at radius 2 is 2.08 bits per heavy atom. The van der Waals surface area contributed by atoms with Crippen molar-refractivity contribution in [2.75, 3.05) is 7.11 Å². The number of nitrogens with zero attached hydrogens (tertiary/aromatic N) is 4. The Labute approximate surface area is 145 Å². The van der Waals surface area contributed by atoms with Crippen molar-refractivity contribution in [3.05, 3.63) is 60.7 Å². The molecule has 2 heterocycles. The number of nitrogens with one attached hydrogen (secondary N) is 1. The molecule has 4 rings (SSSR count). The summed E-state index contributed by atoms with van der Waals surface area (Å²) in [4.78, 5) is 0. The fourth-order valence-electron chi connectivity index (χ4n) is 3.36. The Bertz CT molecular complexity index is 830. The molecule has 1 aliphatic rings. The SMILES string of the molecule is COc1ccccc1-n1nccc1CN[C@H]1C[C@@H](O)[C@@H]1n1cccn1. The first-order chi connectivity index (χ1) is 12.3. The van der Waals surface area contributed by atoms with Gasteiger partial charge in [-0.2, -0.15) is 10.2 Å². The molecule has 2 N–H and O–H groups in total. The molecule has 0 unspecified atom stereocenters. The number of methoxy groups -OCH3 is 1. The second-order valence-electron chi connectivity index (χ2n) is 6.17. The number of rotatable bonds is 6. The number of aliphatic hydroxyl groups is 1. The van der Waals surface area contributed by atoms with Gasteiger partial charge in [0.25, 0.3) is 0 Å². The van der Waals surface area contributed by atoms with Crippen LogP contribution < -0.4 is 10.1 Å². The van der Waals surface area contributed by atoms with Crippen molar-refractivity contribution in [3.63, 3.8) is 0 Å². The molecule has 0 spiro atoms. The minimum Gasteiger partial charge on any atom is -0.494 e. The van der Waals surface area contributed by atoms with Crippen LogP contribution in [0.2, 0.25) is 0 Å². The first-order valence-corrected chi connectivity index (χ1v) is 8.35. The summed E-state index contributed by atoms with van der Waals surface area (Å²) in [5.41, 5.74) is 1.94. The molecule has 7 nitrogen and oxygen atoms in total. The van der Waals surface area contributed by atoms with Crippen LogP contribution in [-0.2, 0) is 6.54 Å². The van der Waals surface area contributed by atoms with Crippen molar-refractivity contribution in [2.24, 2.45) is 0 Å². The van der Waals surface area contributed by atoms with Gasteiger partial charge in [-0.1, -0.05) is 12.1 Å². The van der Waals surface area contributed by atoms with Gasteiger partial charge in [0.1, 0.15) is 11.4 Å². The van der Waals surface area contributed by atoms with E-state index in [0.29, 0.717) is 13.0 Å². The normalized spacial score (nSPS) is 22.6. The van der Waals surface area contributed by atoms with E-state index in [1.807, 2.05) is 52.0 Å². The quantitative estimate of drug-likeness (QED) is 0.712. The molecule has 0 amide bonds.